The Bertz CT molecular complexity index is 953. The number of aryl methyl sites for hydroxylation is 2. The smallest absolute Gasteiger partial charge is 0.267 e. The fourth-order valence-corrected chi connectivity index (χ4v) is 3.51. The van der Waals surface area contributed by atoms with Crippen LogP contribution in [-0.4, -0.2) is 35.6 Å². The minimum atomic E-state index is -0.0186. The summed E-state index contributed by atoms with van der Waals surface area (Å²) in [6.45, 7) is 1.91. The van der Waals surface area contributed by atoms with Gasteiger partial charge in [-0.1, -0.05) is 0 Å². The first-order chi connectivity index (χ1) is 12.1. The number of hydrogen-bond donors (Lipinski definition) is 1. The van der Waals surface area contributed by atoms with Crippen molar-refractivity contribution < 1.29 is 0 Å². The predicted molar refractivity (Wildman–Crippen MR) is 94.5 cm³/mol. The van der Waals surface area contributed by atoms with Gasteiger partial charge in [0.1, 0.15) is 12.1 Å². The molecule has 0 saturated heterocycles. The number of nitrogens with zero attached hydrogens (tertiary/aromatic N) is 6. The number of aromatic nitrogens is 6. The standard InChI is InChI=1S/C17H21N7O/c1-11-3-8-15(25)24(21-11)13-6-4-12(5-7-13)20-16-14-9-23(2)22-17(14)19-10-18-16/h3,8-10,12-13H,4-7H2,1-2H3,(H,18,19,20,22). The minimum Gasteiger partial charge on any atom is -0.367 e. The molecule has 3 aromatic heterocycles. The van der Waals surface area contributed by atoms with E-state index >= 15 is 0 Å². The fourth-order valence-electron chi connectivity index (χ4n) is 3.51. The Balaban J connectivity index is 1.47. The summed E-state index contributed by atoms with van der Waals surface area (Å²) in [5.74, 6) is 0.826. The van der Waals surface area contributed by atoms with Crippen molar-refractivity contribution in [1.82, 2.24) is 29.5 Å². The lowest BCUT2D eigenvalue weighted by Crippen LogP contribution is -2.33. The molecule has 25 heavy (non-hydrogen) atoms. The van der Waals surface area contributed by atoms with Crippen LogP contribution in [-0.2, 0) is 7.05 Å². The monoisotopic (exact) mass is 339 g/mol. The lowest BCUT2D eigenvalue weighted by atomic mass is 9.91. The Morgan fingerprint density at radius 3 is 2.72 bits per heavy atom. The molecule has 4 rings (SSSR count). The lowest BCUT2D eigenvalue weighted by Gasteiger charge is -2.30. The molecule has 3 aromatic rings. The highest BCUT2D eigenvalue weighted by atomic mass is 16.1. The van der Waals surface area contributed by atoms with E-state index < -0.39 is 0 Å². The quantitative estimate of drug-likeness (QED) is 0.783. The van der Waals surface area contributed by atoms with Crippen molar-refractivity contribution in [2.24, 2.45) is 7.05 Å². The van der Waals surface area contributed by atoms with Crippen molar-refractivity contribution in [1.29, 1.82) is 0 Å². The van der Waals surface area contributed by atoms with Crippen LogP contribution in [0.5, 0.6) is 0 Å². The van der Waals surface area contributed by atoms with E-state index in [-0.39, 0.29) is 11.6 Å². The van der Waals surface area contributed by atoms with Gasteiger partial charge in [0.15, 0.2) is 5.65 Å². The summed E-state index contributed by atoms with van der Waals surface area (Å²) < 4.78 is 3.40. The van der Waals surface area contributed by atoms with Gasteiger partial charge in [0.25, 0.3) is 5.56 Å². The Labute approximate surface area is 144 Å². The molecule has 0 bridgehead atoms. The lowest BCUT2D eigenvalue weighted by molar-refractivity contribution is 0.302. The molecule has 8 heteroatoms. The third kappa shape index (κ3) is 3.11. The summed E-state index contributed by atoms with van der Waals surface area (Å²) in [6.07, 6.45) is 7.26. The van der Waals surface area contributed by atoms with Gasteiger partial charge in [0.2, 0.25) is 0 Å². The van der Waals surface area contributed by atoms with Crippen LogP contribution in [0.2, 0.25) is 0 Å². The maximum absolute atomic E-state index is 12.1. The SMILES string of the molecule is Cc1ccc(=O)n(C2CCC(Nc3ncnc4nn(C)cc34)CC2)n1. The number of fused-ring (bicyclic) bond motifs is 1. The van der Waals surface area contributed by atoms with E-state index in [2.05, 4.69) is 25.5 Å². The number of hydrogen-bond acceptors (Lipinski definition) is 6. The normalized spacial score (nSPS) is 20.7. The zero-order chi connectivity index (χ0) is 17.4. The third-order valence-electron chi connectivity index (χ3n) is 4.77. The highest BCUT2D eigenvalue weighted by Crippen LogP contribution is 2.29. The van der Waals surface area contributed by atoms with Crippen LogP contribution in [0, 0.1) is 6.92 Å². The molecule has 0 atom stereocenters. The van der Waals surface area contributed by atoms with Gasteiger partial charge in [-0.05, 0) is 38.7 Å². The molecule has 1 aliphatic rings. The van der Waals surface area contributed by atoms with Crippen LogP contribution < -0.4 is 10.9 Å². The van der Waals surface area contributed by atoms with Gasteiger partial charge >= 0.3 is 0 Å². The Kier molecular flexibility index (Phi) is 3.95. The van der Waals surface area contributed by atoms with E-state index in [4.69, 9.17) is 0 Å². The Hall–Kier alpha value is -2.77. The first-order valence-corrected chi connectivity index (χ1v) is 8.57. The molecule has 0 aromatic carbocycles. The maximum Gasteiger partial charge on any atom is 0.267 e. The fraction of sp³-hybridized carbons (Fsp3) is 0.471. The molecule has 0 unspecified atom stereocenters. The summed E-state index contributed by atoms with van der Waals surface area (Å²) >= 11 is 0. The zero-order valence-corrected chi connectivity index (χ0v) is 14.4. The summed E-state index contributed by atoms with van der Waals surface area (Å²) in [5.41, 5.74) is 1.55. The second-order valence-electron chi connectivity index (χ2n) is 6.67. The molecular weight excluding hydrogens is 318 g/mol. The minimum absolute atomic E-state index is 0.0186. The van der Waals surface area contributed by atoms with Crippen LogP contribution >= 0.6 is 0 Å². The first-order valence-electron chi connectivity index (χ1n) is 8.57. The molecule has 1 saturated carbocycles. The molecule has 0 spiro atoms. The van der Waals surface area contributed by atoms with Crippen LogP contribution in [0.3, 0.4) is 0 Å². The Morgan fingerprint density at radius 1 is 1.12 bits per heavy atom. The number of anilines is 1. The van der Waals surface area contributed by atoms with Crippen LogP contribution in [0.4, 0.5) is 5.82 Å². The summed E-state index contributed by atoms with van der Waals surface area (Å²) in [5, 5.41) is 13.2. The van der Waals surface area contributed by atoms with E-state index in [0.717, 1.165) is 42.6 Å². The maximum atomic E-state index is 12.1. The largest absolute Gasteiger partial charge is 0.367 e. The Morgan fingerprint density at radius 2 is 1.92 bits per heavy atom. The average molecular weight is 339 g/mol. The van der Waals surface area contributed by atoms with Crippen molar-refractivity contribution >= 4 is 16.9 Å². The molecule has 1 N–H and O–H groups in total. The van der Waals surface area contributed by atoms with Crippen molar-refractivity contribution in [3.63, 3.8) is 0 Å². The van der Waals surface area contributed by atoms with E-state index in [0.29, 0.717) is 11.7 Å². The van der Waals surface area contributed by atoms with Gasteiger partial charge < -0.3 is 5.32 Å². The van der Waals surface area contributed by atoms with E-state index in [9.17, 15) is 4.79 Å². The summed E-state index contributed by atoms with van der Waals surface area (Å²) in [7, 11) is 1.88. The first kappa shape index (κ1) is 15.7. The zero-order valence-electron chi connectivity index (χ0n) is 14.4. The van der Waals surface area contributed by atoms with Crippen LogP contribution in [0.25, 0.3) is 11.0 Å². The van der Waals surface area contributed by atoms with Gasteiger partial charge in [-0.2, -0.15) is 10.2 Å². The van der Waals surface area contributed by atoms with Crippen molar-refractivity contribution in [3.8, 4) is 0 Å². The third-order valence-corrected chi connectivity index (χ3v) is 4.77. The average Bonchev–Trinajstić information content (AvgIpc) is 2.99. The van der Waals surface area contributed by atoms with Gasteiger partial charge in [0, 0.05) is 25.4 Å². The highest BCUT2D eigenvalue weighted by Gasteiger charge is 2.24. The second-order valence-corrected chi connectivity index (χ2v) is 6.67. The topological polar surface area (TPSA) is 90.5 Å². The molecule has 130 valence electrons. The van der Waals surface area contributed by atoms with Crippen molar-refractivity contribution in [2.75, 3.05) is 5.32 Å². The summed E-state index contributed by atoms with van der Waals surface area (Å²) in [4.78, 5) is 20.6. The highest BCUT2D eigenvalue weighted by molar-refractivity contribution is 5.85. The van der Waals surface area contributed by atoms with Gasteiger partial charge in [0.05, 0.1) is 17.1 Å². The molecular formula is C17H21N7O. The molecule has 0 radical (unpaired) electrons. The van der Waals surface area contributed by atoms with Crippen LogP contribution in [0.1, 0.15) is 37.4 Å². The van der Waals surface area contributed by atoms with Gasteiger partial charge in [-0.25, -0.2) is 14.6 Å². The second kappa shape index (κ2) is 6.27. The van der Waals surface area contributed by atoms with E-state index in [1.807, 2.05) is 20.2 Å². The number of rotatable bonds is 3. The summed E-state index contributed by atoms with van der Waals surface area (Å²) in [6, 6.07) is 3.87. The molecule has 0 amide bonds. The predicted octanol–water partition coefficient (Wildman–Crippen LogP) is 1.82. The van der Waals surface area contributed by atoms with E-state index in [1.165, 1.54) is 0 Å². The van der Waals surface area contributed by atoms with Crippen molar-refractivity contribution in [3.05, 3.63) is 40.7 Å². The number of nitrogens with one attached hydrogen (secondary N) is 1. The van der Waals surface area contributed by atoms with E-state index in [1.54, 1.807) is 27.8 Å². The van der Waals surface area contributed by atoms with Gasteiger partial charge in [-0.3, -0.25) is 9.48 Å². The molecule has 3 heterocycles. The molecule has 0 aliphatic heterocycles. The van der Waals surface area contributed by atoms with Crippen LogP contribution in [0.15, 0.2) is 29.5 Å². The van der Waals surface area contributed by atoms with Gasteiger partial charge in [-0.15, -0.1) is 0 Å². The van der Waals surface area contributed by atoms with Crippen molar-refractivity contribution in [2.45, 2.75) is 44.7 Å². The molecule has 8 nitrogen and oxygen atoms in total. The molecule has 1 fully saturated rings. The molecule has 1 aliphatic carbocycles.